The van der Waals surface area contributed by atoms with Crippen molar-refractivity contribution in [2.24, 2.45) is 0 Å². The molecule has 0 heterocycles. The molecule has 0 aliphatic heterocycles. The van der Waals surface area contributed by atoms with Crippen molar-refractivity contribution < 1.29 is 4.39 Å². The Labute approximate surface area is 71.7 Å². The summed E-state index contributed by atoms with van der Waals surface area (Å²) in [6, 6.07) is 5.83. The molecule has 1 aromatic rings. The van der Waals surface area contributed by atoms with Crippen LogP contribution in [0.3, 0.4) is 0 Å². The van der Waals surface area contributed by atoms with E-state index in [2.05, 4.69) is 12.2 Å². The monoisotopic (exact) mass is 162 g/mol. The lowest BCUT2D eigenvalue weighted by Crippen LogP contribution is -1.94. The Balaban J connectivity index is 2.44. The van der Waals surface area contributed by atoms with Crippen LogP contribution >= 0.6 is 0 Å². The standard InChI is InChI=1S/C11H11F/c12-8-9-5-6-10-3-1-2-4-11(10)7-9/h1,3,5-7H,2,4,8H2. The molecule has 1 heteroatoms. The van der Waals surface area contributed by atoms with E-state index in [1.165, 1.54) is 11.1 Å². The van der Waals surface area contributed by atoms with E-state index in [1.54, 1.807) is 0 Å². The molecule has 12 heavy (non-hydrogen) atoms. The quantitative estimate of drug-likeness (QED) is 0.595. The van der Waals surface area contributed by atoms with Crippen LogP contribution in [0, 0.1) is 0 Å². The average molecular weight is 162 g/mol. The molecule has 0 fully saturated rings. The largest absolute Gasteiger partial charge is 0.246 e. The first-order chi connectivity index (χ1) is 5.90. The molecule has 0 radical (unpaired) electrons. The van der Waals surface area contributed by atoms with E-state index in [4.69, 9.17) is 0 Å². The molecule has 0 saturated heterocycles. The summed E-state index contributed by atoms with van der Waals surface area (Å²) in [5.74, 6) is 0. The molecular formula is C11H11F. The molecule has 0 saturated carbocycles. The van der Waals surface area contributed by atoms with Gasteiger partial charge in [-0.1, -0.05) is 30.4 Å². The van der Waals surface area contributed by atoms with Crippen molar-refractivity contribution in [3.63, 3.8) is 0 Å². The van der Waals surface area contributed by atoms with E-state index in [1.807, 2.05) is 18.2 Å². The lowest BCUT2D eigenvalue weighted by molar-refractivity contribution is 0.485. The first-order valence-corrected chi connectivity index (χ1v) is 4.24. The van der Waals surface area contributed by atoms with Crippen LogP contribution in [0.5, 0.6) is 0 Å². The second-order valence-corrected chi connectivity index (χ2v) is 3.11. The second-order valence-electron chi connectivity index (χ2n) is 3.11. The first kappa shape index (κ1) is 7.53. The van der Waals surface area contributed by atoms with Crippen LogP contribution in [0.2, 0.25) is 0 Å². The first-order valence-electron chi connectivity index (χ1n) is 4.24. The van der Waals surface area contributed by atoms with E-state index >= 15 is 0 Å². The fourth-order valence-corrected chi connectivity index (χ4v) is 1.57. The van der Waals surface area contributed by atoms with Gasteiger partial charge >= 0.3 is 0 Å². The number of alkyl halides is 1. The minimum atomic E-state index is -0.350. The Bertz CT molecular complexity index is 313. The Morgan fingerprint density at radius 1 is 1.33 bits per heavy atom. The summed E-state index contributed by atoms with van der Waals surface area (Å²) >= 11 is 0. The number of fused-ring (bicyclic) bond motifs is 1. The third kappa shape index (κ3) is 1.27. The summed E-state index contributed by atoms with van der Waals surface area (Å²) in [5.41, 5.74) is 3.33. The average Bonchev–Trinajstić information content (AvgIpc) is 2.17. The van der Waals surface area contributed by atoms with Gasteiger partial charge in [-0.2, -0.15) is 0 Å². The van der Waals surface area contributed by atoms with Crippen molar-refractivity contribution in [1.29, 1.82) is 0 Å². The summed E-state index contributed by atoms with van der Waals surface area (Å²) < 4.78 is 12.3. The SMILES string of the molecule is FCc1ccc2c(c1)CCC=C2. The zero-order valence-corrected chi connectivity index (χ0v) is 6.89. The summed E-state index contributed by atoms with van der Waals surface area (Å²) in [6.45, 7) is -0.350. The normalized spacial score (nSPS) is 14.4. The molecule has 0 bridgehead atoms. The number of rotatable bonds is 1. The third-order valence-corrected chi connectivity index (χ3v) is 2.24. The summed E-state index contributed by atoms with van der Waals surface area (Å²) in [7, 11) is 0. The fraction of sp³-hybridized carbons (Fsp3) is 0.273. The second kappa shape index (κ2) is 3.10. The highest BCUT2D eigenvalue weighted by Crippen LogP contribution is 2.20. The Kier molecular flexibility index (Phi) is 1.94. The van der Waals surface area contributed by atoms with E-state index in [0.717, 1.165) is 18.4 Å². The number of allylic oxidation sites excluding steroid dienone is 1. The van der Waals surface area contributed by atoms with Crippen molar-refractivity contribution in [3.8, 4) is 0 Å². The van der Waals surface area contributed by atoms with E-state index in [9.17, 15) is 4.39 Å². The Morgan fingerprint density at radius 2 is 2.25 bits per heavy atom. The predicted octanol–water partition coefficient (Wildman–Crippen LogP) is 3.12. The maximum absolute atomic E-state index is 12.3. The molecule has 0 unspecified atom stereocenters. The van der Waals surface area contributed by atoms with Gasteiger partial charge in [0.15, 0.2) is 0 Å². The summed E-state index contributed by atoms with van der Waals surface area (Å²) in [4.78, 5) is 0. The molecule has 1 aliphatic rings. The summed E-state index contributed by atoms with van der Waals surface area (Å²) in [6.07, 6.45) is 6.42. The van der Waals surface area contributed by atoms with Crippen LogP contribution in [0.1, 0.15) is 23.1 Å². The van der Waals surface area contributed by atoms with Gasteiger partial charge in [0.2, 0.25) is 0 Å². The van der Waals surface area contributed by atoms with Crippen LogP contribution in [0.4, 0.5) is 4.39 Å². The molecule has 0 aromatic heterocycles. The van der Waals surface area contributed by atoms with Gasteiger partial charge in [0, 0.05) is 0 Å². The number of benzene rings is 1. The fourth-order valence-electron chi connectivity index (χ4n) is 1.57. The van der Waals surface area contributed by atoms with Crippen LogP contribution < -0.4 is 0 Å². The van der Waals surface area contributed by atoms with Crippen molar-refractivity contribution in [2.75, 3.05) is 0 Å². The van der Waals surface area contributed by atoms with Gasteiger partial charge in [0.1, 0.15) is 6.67 Å². The van der Waals surface area contributed by atoms with Gasteiger partial charge in [0.25, 0.3) is 0 Å². The topological polar surface area (TPSA) is 0 Å². The Morgan fingerprint density at radius 3 is 3.08 bits per heavy atom. The minimum Gasteiger partial charge on any atom is -0.246 e. The number of halogens is 1. The molecule has 62 valence electrons. The predicted molar refractivity (Wildman–Crippen MR) is 48.6 cm³/mol. The molecule has 2 rings (SSSR count). The van der Waals surface area contributed by atoms with Crippen LogP contribution in [-0.4, -0.2) is 0 Å². The molecular weight excluding hydrogens is 151 g/mol. The molecule has 0 spiro atoms. The lowest BCUT2D eigenvalue weighted by atomic mass is 9.96. The maximum atomic E-state index is 12.3. The molecule has 1 aliphatic carbocycles. The minimum absolute atomic E-state index is 0.350. The van der Waals surface area contributed by atoms with Crippen molar-refractivity contribution >= 4 is 6.08 Å². The van der Waals surface area contributed by atoms with Gasteiger partial charge in [-0.15, -0.1) is 0 Å². The molecule has 0 nitrogen and oxygen atoms in total. The van der Waals surface area contributed by atoms with Gasteiger partial charge in [-0.3, -0.25) is 0 Å². The smallest absolute Gasteiger partial charge is 0.115 e. The highest BCUT2D eigenvalue weighted by Gasteiger charge is 2.04. The molecule has 0 atom stereocenters. The molecule has 0 N–H and O–H groups in total. The van der Waals surface area contributed by atoms with Crippen molar-refractivity contribution in [3.05, 3.63) is 41.0 Å². The van der Waals surface area contributed by atoms with Crippen molar-refractivity contribution in [2.45, 2.75) is 19.5 Å². The maximum Gasteiger partial charge on any atom is 0.115 e. The van der Waals surface area contributed by atoms with Crippen LogP contribution in [-0.2, 0) is 13.1 Å². The van der Waals surface area contributed by atoms with E-state index in [0.29, 0.717) is 0 Å². The van der Waals surface area contributed by atoms with Gasteiger partial charge < -0.3 is 0 Å². The van der Waals surface area contributed by atoms with E-state index < -0.39 is 0 Å². The summed E-state index contributed by atoms with van der Waals surface area (Å²) in [5, 5.41) is 0. The lowest BCUT2D eigenvalue weighted by Gasteiger charge is -2.10. The third-order valence-electron chi connectivity index (χ3n) is 2.24. The van der Waals surface area contributed by atoms with Crippen molar-refractivity contribution in [1.82, 2.24) is 0 Å². The highest BCUT2D eigenvalue weighted by molar-refractivity contribution is 5.56. The van der Waals surface area contributed by atoms with Crippen LogP contribution in [0.25, 0.3) is 6.08 Å². The molecule has 0 amide bonds. The van der Waals surface area contributed by atoms with Crippen LogP contribution in [0.15, 0.2) is 24.3 Å². The van der Waals surface area contributed by atoms with Gasteiger partial charge in [-0.25, -0.2) is 4.39 Å². The zero-order valence-electron chi connectivity index (χ0n) is 6.89. The number of hydrogen-bond donors (Lipinski definition) is 0. The zero-order chi connectivity index (χ0) is 8.39. The van der Waals surface area contributed by atoms with Gasteiger partial charge in [-0.05, 0) is 29.5 Å². The molecule has 1 aromatic carbocycles. The highest BCUT2D eigenvalue weighted by atomic mass is 19.1. The Hall–Kier alpha value is -1.11. The number of hydrogen-bond acceptors (Lipinski definition) is 0. The number of aryl methyl sites for hydroxylation is 1. The van der Waals surface area contributed by atoms with E-state index in [-0.39, 0.29) is 6.67 Å². The van der Waals surface area contributed by atoms with Gasteiger partial charge in [0.05, 0.1) is 0 Å².